The summed E-state index contributed by atoms with van der Waals surface area (Å²) >= 11 is 5.91. The minimum atomic E-state index is 0.138. The number of hydrogen-bond donors (Lipinski definition) is 0. The number of fused-ring (bicyclic) bond motifs is 1. The van der Waals surface area contributed by atoms with Gasteiger partial charge < -0.3 is 4.74 Å². The van der Waals surface area contributed by atoms with Gasteiger partial charge in [-0.1, -0.05) is 6.07 Å². The molecular formula is C15H11ClN7O. The summed E-state index contributed by atoms with van der Waals surface area (Å²) in [6.07, 6.45) is 6.07. The van der Waals surface area contributed by atoms with Gasteiger partial charge >= 0.3 is 0 Å². The average molecular weight is 341 g/mol. The number of halogens is 1. The van der Waals surface area contributed by atoms with E-state index in [-0.39, 0.29) is 5.28 Å². The van der Waals surface area contributed by atoms with Gasteiger partial charge in [-0.25, -0.2) is 14.6 Å². The van der Waals surface area contributed by atoms with E-state index in [1.165, 1.54) is 0 Å². The van der Waals surface area contributed by atoms with Gasteiger partial charge in [0.15, 0.2) is 17.2 Å². The Morgan fingerprint density at radius 1 is 1.25 bits per heavy atom. The first kappa shape index (κ1) is 14.6. The third-order valence-electron chi connectivity index (χ3n) is 3.48. The molecule has 0 aliphatic rings. The van der Waals surface area contributed by atoms with E-state index in [2.05, 4.69) is 31.3 Å². The summed E-state index contributed by atoms with van der Waals surface area (Å²) in [4.78, 5) is 12.4. The van der Waals surface area contributed by atoms with Crippen molar-refractivity contribution in [2.45, 2.75) is 0 Å². The van der Waals surface area contributed by atoms with Crippen molar-refractivity contribution in [1.82, 2.24) is 34.5 Å². The number of nitrogens with zero attached hydrogens (tertiary/aromatic N) is 7. The molecule has 4 rings (SSSR count). The third kappa shape index (κ3) is 2.28. The second-order valence-corrected chi connectivity index (χ2v) is 5.34. The highest BCUT2D eigenvalue weighted by atomic mass is 35.5. The number of benzene rings is 1. The highest BCUT2D eigenvalue weighted by molar-refractivity contribution is 6.28. The molecule has 0 amide bonds. The van der Waals surface area contributed by atoms with Crippen LogP contribution in [-0.4, -0.2) is 41.6 Å². The highest BCUT2D eigenvalue weighted by Crippen LogP contribution is 2.34. The first-order valence-electron chi connectivity index (χ1n) is 6.99. The van der Waals surface area contributed by atoms with Gasteiger partial charge in [-0.15, -0.1) is 0 Å². The average Bonchev–Trinajstić information content (AvgIpc) is 3.20. The molecule has 9 heteroatoms. The maximum atomic E-state index is 5.91. The van der Waals surface area contributed by atoms with Gasteiger partial charge in [0.05, 0.1) is 18.1 Å². The van der Waals surface area contributed by atoms with Crippen LogP contribution in [0, 0.1) is 6.20 Å². The molecule has 8 nitrogen and oxygen atoms in total. The van der Waals surface area contributed by atoms with E-state index in [0.29, 0.717) is 28.3 Å². The summed E-state index contributed by atoms with van der Waals surface area (Å²) in [5.74, 6) is 1.14. The monoisotopic (exact) mass is 340 g/mol. The Labute approximate surface area is 141 Å². The van der Waals surface area contributed by atoms with E-state index in [9.17, 15) is 0 Å². The van der Waals surface area contributed by atoms with Gasteiger partial charge in [-0.05, 0) is 23.7 Å². The molecule has 1 aromatic carbocycles. The molecule has 0 fully saturated rings. The van der Waals surface area contributed by atoms with Crippen molar-refractivity contribution in [1.29, 1.82) is 0 Å². The zero-order valence-corrected chi connectivity index (χ0v) is 13.6. The van der Waals surface area contributed by atoms with Crippen LogP contribution >= 0.6 is 11.6 Å². The van der Waals surface area contributed by atoms with Crippen LogP contribution in [0.4, 0.5) is 0 Å². The second kappa shape index (κ2) is 5.57. The molecule has 3 aromatic heterocycles. The summed E-state index contributed by atoms with van der Waals surface area (Å²) in [6.45, 7) is 0. The topological polar surface area (TPSA) is 83.5 Å². The van der Waals surface area contributed by atoms with E-state index >= 15 is 0 Å². The van der Waals surface area contributed by atoms with Crippen LogP contribution in [0.3, 0.4) is 0 Å². The van der Waals surface area contributed by atoms with Crippen molar-refractivity contribution in [3.8, 4) is 22.8 Å². The molecular weight excluding hydrogens is 330 g/mol. The van der Waals surface area contributed by atoms with Gasteiger partial charge in [-0.2, -0.15) is 15.2 Å². The van der Waals surface area contributed by atoms with E-state index in [1.807, 2.05) is 25.2 Å². The van der Waals surface area contributed by atoms with Crippen LogP contribution in [0.1, 0.15) is 0 Å². The Morgan fingerprint density at radius 3 is 2.88 bits per heavy atom. The van der Waals surface area contributed by atoms with Crippen LogP contribution in [-0.2, 0) is 7.05 Å². The van der Waals surface area contributed by atoms with Gasteiger partial charge in [0.2, 0.25) is 5.28 Å². The molecule has 0 aliphatic carbocycles. The van der Waals surface area contributed by atoms with Crippen molar-refractivity contribution in [2.24, 2.45) is 7.05 Å². The van der Waals surface area contributed by atoms with Crippen molar-refractivity contribution in [2.75, 3.05) is 7.11 Å². The van der Waals surface area contributed by atoms with E-state index in [1.54, 1.807) is 29.0 Å². The van der Waals surface area contributed by atoms with Crippen molar-refractivity contribution >= 4 is 22.6 Å². The molecule has 0 saturated carbocycles. The van der Waals surface area contributed by atoms with Gasteiger partial charge in [-0.3, -0.25) is 4.68 Å². The summed E-state index contributed by atoms with van der Waals surface area (Å²) in [5, 5.41) is 9.38. The number of ether oxygens (including phenoxy) is 1. The molecule has 0 spiro atoms. The van der Waals surface area contributed by atoms with Crippen molar-refractivity contribution in [3.05, 3.63) is 42.2 Å². The van der Waals surface area contributed by atoms with Crippen LogP contribution in [0.15, 0.2) is 30.7 Å². The Balaban J connectivity index is 1.96. The van der Waals surface area contributed by atoms with Crippen LogP contribution < -0.4 is 4.74 Å². The van der Waals surface area contributed by atoms with E-state index in [0.717, 1.165) is 5.56 Å². The molecule has 0 saturated heterocycles. The number of hydrogen-bond acceptors (Lipinski definition) is 6. The minimum absolute atomic E-state index is 0.138. The van der Waals surface area contributed by atoms with E-state index in [4.69, 9.17) is 16.3 Å². The van der Waals surface area contributed by atoms with Gasteiger partial charge in [0.25, 0.3) is 0 Å². The lowest BCUT2D eigenvalue weighted by molar-refractivity contribution is 0.413. The molecule has 1 radical (unpaired) electrons. The SMILES string of the molecule is COc1c(-c2ncn(C)n2)cccc1-n1n[c]c2cnc(Cl)nc21. The molecule has 0 bridgehead atoms. The molecule has 0 N–H and O–H groups in total. The normalized spacial score (nSPS) is 11.1. The molecule has 0 unspecified atom stereocenters. The van der Waals surface area contributed by atoms with Crippen molar-refractivity contribution in [3.63, 3.8) is 0 Å². The molecule has 0 aliphatic heterocycles. The first-order valence-corrected chi connectivity index (χ1v) is 7.37. The molecule has 24 heavy (non-hydrogen) atoms. The summed E-state index contributed by atoms with van der Waals surface area (Å²) < 4.78 is 8.84. The predicted octanol–water partition coefficient (Wildman–Crippen LogP) is 2.07. The fourth-order valence-corrected chi connectivity index (χ4v) is 2.59. The minimum Gasteiger partial charge on any atom is -0.494 e. The lowest BCUT2D eigenvalue weighted by atomic mass is 10.1. The van der Waals surface area contributed by atoms with Gasteiger partial charge in [0.1, 0.15) is 18.2 Å². The lowest BCUT2D eigenvalue weighted by Gasteiger charge is -2.12. The summed E-state index contributed by atoms with van der Waals surface area (Å²) in [5.41, 5.74) is 1.97. The van der Waals surface area contributed by atoms with E-state index < -0.39 is 0 Å². The maximum absolute atomic E-state index is 5.91. The van der Waals surface area contributed by atoms with Gasteiger partial charge in [0, 0.05) is 13.2 Å². The van der Waals surface area contributed by atoms with Crippen LogP contribution in [0.5, 0.6) is 5.75 Å². The smallest absolute Gasteiger partial charge is 0.224 e. The Kier molecular flexibility index (Phi) is 3.39. The Bertz CT molecular complexity index is 1040. The zero-order chi connectivity index (χ0) is 16.7. The molecule has 0 atom stereocenters. The highest BCUT2D eigenvalue weighted by Gasteiger charge is 2.18. The molecule has 4 aromatic rings. The Hall–Kier alpha value is -3.00. The van der Waals surface area contributed by atoms with Crippen molar-refractivity contribution < 1.29 is 4.74 Å². The number of methoxy groups -OCH3 is 1. The number of para-hydroxylation sites is 1. The number of aryl methyl sites for hydroxylation is 1. The summed E-state index contributed by atoms with van der Waals surface area (Å²) in [7, 11) is 3.39. The summed E-state index contributed by atoms with van der Waals surface area (Å²) in [6, 6.07) is 5.62. The fourth-order valence-electron chi connectivity index (χ4n) is 2.46. The largest absolute Gasteiger partial charge is 0.494 e. The standard InChI is InChI=1S/C15H11ClN7O/c1-22-8-18-13(21-22)10-4-3-5-11(12(10)24-2)23-14-9(7-19-23)6-17-15(16)20-14/h3-6,8H,1-2H3. The molecule has 119 valence electrons. The fraction of sp³-hybridized carbons (Fsp3) is 0.133. The number of aromatic nitrogens is 7. The number of rotatable bonds is 3. The maximum Gasteiger partial charge on any atom is 0.224 e. The molecule has 3 heterocycles. The second-order valence-electron chi connectivity index (χ2n) is 5.00. The zero-order valence-electron chi connectivity index (χ0n) is 12.8. The van der Waals surface area contributed by atoms with Crippen LogP contribution in [0.25, 0.3) is 28.1 Å². The predicted molar refractivity (Wildman–Crippen MR) is 87.1 cm³/mol. The van der Waals surface area contributed by atoms with Crippen LogP contribution in [0.2, 0.25) is 5.28 Å². The first-order chi connectivity index (χ1) is 11.7. The lowest BCUT2D eigenvalue weighted by Crippen LogP contribution is -2.03. The quantitative estimate of drug-likeness (QED) is 0.531. The third-order valence-corrected chi connectivity index (χ3v) is 3.66. The Morgan fingerprint density at radius 2 is 2.12 bits per heavy atom.